The van der Waals surface area contributed by atoms with Crippen LogP contribution in [0, 0.1) is 0 Å². The Labute approximate surface area is 108 Å². The van der Waals surface area contributed by atoms with E-state index in [0.717, 1.165) is 11.3 Å². The van der Waals surface area contributed by atoms with Crippen LogP contribution in [0.1, 0.15) is 5.56 Å². The Morgan fingerprint density at radius 3 is 2.88 bits per heavy atom. The van der Waals surface area contributed by atoms with Gasteiger partial charge < -0.3 is 10.4 Å². The van der Waals surface area contributed by atoms with Crippen LogP contribution in [0.4, 0.5) is 11.5 Å². The molecule has 2 aromatic rings. The molecule has 0 saturated heterocycles. The molecule has 2 rings (SSSR count). The summed E-state index contributed by atoms with van der Waals surface area (Å²) < 4.78 is 0. The number of aliphatic hydroxyl groups is 1. The Kier molecular flexibility index (Phi) is 3.78. The van der Waals surface area contributed by atoms with Crippen molar-refractivity contribution in [2.75, 3.05) is 5.32 Å². The third kappa shape index (κ3) is 3.06. The van der Waals surface area contributed by atoms with Crippen molar-refractivity contribution in [3.05, 3.63) is 46.3 Å². The van der Waals surface area contributed by atoms with Gasteiger partial charge in [-0.25, -0.2) is 4.98 Å². The molecular weight excluding hydrogens is 261 g/mol. The summed E-state index contributed by atoms with van der Waals surface area (Å²) in [4.78, 5) is 7.73. The van der Waals surface area contributed by atoms with Crippen LogP contribution in [0.25, 0.3) is 0 Å². The van der Waals surface area contributed by atoms with E-state index < -0.39 is 0 Å². The molecule has 0 bridgehead atoms. The molecule has 4 nitrogen and oxygen atoms in total. The first-order valence-electron chi connectivity index (χ1n) is 4.84. The maximum atomic E-state index is 9.03. The number of nitrogens with zero attached hydrogens (tertiary/aromatic N) is 2. The number of hydrogen-bond donors (Lipinski definition) is 2. The van der Waals surface area contributed by atoms with Crippen molar-refractivity contribution in [3.63, 3.8) is 0 Å². The topological polar surface area (TPSA) is 58.0 Å². The van der Waals surface area contributed by atoms with Crippen molar-refractivity contribution in [3.8, 4) is 0 Å². The molecular formula is C11H9Cl2N3O. The molecule has 0 radical (unpaired) electrons. The lowest BCUT2D eigenvalue weighted by atomic mass is 10.2. The van der Waals surface area contributed by atoms with Gasteiger partial charge in [0.25, 0.3) is 0 Å². The molecule has 1 aromatic carbocycles. The summed E-state index contributed by atoms with van der Waals surface area (Å²) in [5.41, 5.74) is 1.57. The van der Waals surface area contributed by atoms with E-state index in [0.29, 0.717) is 10.8 Å². The lowest BCUT2D eigenvalue weighted by Crippen LogP contribution is -1.97. The van der Waals surface area contributed by atoms with Crippen molar-refractivity contribution in [1.29, 1.82) is 0 Å². The van der Waals surface area contributed by atoms with E-state index in [9.17, 15) is 0 Å². The zero-order valence-corrected chi connectivity index (χ0v) is 10.2. The number of rotatable bonds is 3. The standard InChI is InChI=1S/C11H9Cl2N3O/c12-9-5-14-11(13)16-10(9)15-8-3-1-2-7(4-8)6-17/h1-5,17H,6H2,(H,14,15,16). The maximum absolute atomic E-state index is 9.03. The average Bonchev–Trinajstić information content (AvgIpc) is 2.34. The molecule has 1 heterocycles. The molecule has 0 unspecified atom stereocenters. The lowest BCUT2D eigenvalue weighted by molar-refractivity contribution is 0.282. The van der Waals surface area contributed by atoms with E-state index in [1.54, 1.807) is 6.07 Å². The van der Waals surface area contributed by atoms with Crippen LogP contribution in [0.2, 0.25) is 10.3 Å². The Morgan fingerprint density at radius 2 is 2.12 bits per heavy atom. The molecule has 0 atom stereocenters. The highest BCUT2D eigenvalue weighted by molar-refractivity contribution is 6.33. The van der Waals surface area contributed by atoms with Crippen molar-refractivity contribution in [1.82, 2.24) is 9.97 Å². The largest absolute Gasteiger partial charge is 0.392 e. The van der Waals surface area contributed by atoms with Gasteiger partial charge in [-0.2, -0.15) is 4.98 Å². The second-order valence-electron chi connectivity index (χ2n) is 3.32. The molecule has 0 aliphatic rings. The molecule has 0 amide bonds. The Bertz CT molecular complexity index is 534. The van der Waals surface area contributed by atoms with Crippen LogP contribution in [-0.4, -0.2) is 15.1 Å². The normalized spacial score (nSPS) is 10.3. The molecule has 2 N–H and O–H groups in total. The summed E-state index contributed by atoms with van der Waals surface area (Å²) in [6, 6.07) is 7.28. The summed E-state index contributed by atoms with van der Waals surface area (Å²) in [5.74, 6) is 0.432. The molecule has 6 heteroatoms. The Balaban J connectivity index is 2.27. The van der Waals surface area contributed by atoms with E-state index in [2.05, 4.69) is 15.3 Å². The van der Waals surface area contributed by atoms with Gasteiger partial charge in [-0.05, 0) is 29.3 Å². The van der Waals surface area contributed by atoms with Crippen LogP contribution >= 0.6 is 23.2 Å². The molecule has 0 aliphatic carbocycles. The minimum absolute atomic E-state index is 0.0201. The summed E-state index contributed by atoms with van der Waals surface area (Å²) in [7, 11) is 0. The predicted octanol–water partition coefficient (Wildman–Crippen LogP) is 3.02. The molecule has 0 fully saturated rings. The summed E-state index contributed by atoms with van der Waals surface area (Å²) in [6.45, 7) is -0.0201. The fraction of sp³-hybridized carbons (Fsp3) is 0.0909. The highest BCUT2D eigenvalue weighted by Crippen LogP contribution is 2.24. The van der Waals surface area contributed by atoms with E-state index >= 15 is 0 Å². The van der Waals surface area contributed by atoms with Crippen LogP contribution in [0.3, 0.4) is 0 Å². The molecule has 1 aromatic heterocycles. The van der Waals surface area contributed by atoms with Gasteiger partial charge in [0.05, 0.1) is 12.8 Å². The van der Waals surface area contributed by atoms with E-state index in [1.165, 1.54) is 6.20 Å². The first-order chi connectivity index (χ1) is 8.19. The molecule has 17 heavy (non-hydrogen) atoms. The molecule has 0 spiro atoms. The van der Waals surface area contributed by atoms with Gasteiger partial charge in [-0.15, -0.1) is 0 Å². The van der Waals surface area contributed by atoms with Crippen molar-refractivity contribution >= 4 is 34.7 Å². The SMILES string of the molecule is OCc1cccc(Nc2nc(Cl)ncc2Cl)c1. The van der Waals surface area contributed by atoms with Crippen LogP contribution in [0.5, 0.6) is 0 Å². The number of halogens is 2. The second kappa shape index (κ2) is 5.31. The quantitative estimate of drug-likeness (QED) is 0.842. The lowest BCUT2D eigenvalue weighted by Gasteiger charge is -2.08. The zero-order chi connectivity index (χ0) is 12.3. The number of benzene rings is 1. The van der Waals surface area contributed by atoms with Crippen molar-refractivity contribution < 1.29 is 5.11 Å². The van der Waals surface area contributed by atoms with Gasteiger partial charge in [0.1, 0.15) is 5.02 Å². The summed E-state index contributed by atoms with van der Waals surface area (Å²) in [5, 5.41) is 12.5. The summed E-state index contributed by atoms with van der Waals surface area (Å²) >= 11 is 11.6. The number of aromatic nitrogens is 2. The van der Waals surface area contributed by atoms with Gasteiger partial charge >= 0.3 is 0 Å². The highest BCUT2D eigenvalue weighted by Gasteiger charge is 2.04. The molecule has 0 saturated carbocycles. The van der Waals surface area contributed by atoms with Crippen LogP contribution in [0.15, 0.2) is 30.5 Å². The minimum Gasteiger partial charge on any atom is -0.392 e. The van der Waals surface area contributed by atoms with E-state index in [1.807, 2.05) is 18.2 Å². The fourth-order valence-corrected chi connectivity index (χ4v) is 1.59. The number of nitrogens with one attached hydrogen (secondary N) is 1. The van der Waals surface area contributed by atoms with Crippen LogP contribution in [-0.2, 0) is 6.61 Å². The third-order valence-corrected chi connectivity index (χ3v) is 2.55. The predicted molar refractivity (Wildman–Crippen MR) is 67.7 cm³/mol. The Morgan fingerprint density at radius 1 is 1.29 bits per heavy atom. The van der Waals surface area contributed by atoms with E-state index in [4.69, 9.17) is 28.3 Å². The van der Waals surface area contributed by atoms with Crippen molar-refractivity contribution in [2.24, 2.45) is 0 Å². The van der Waals surface area contributed by atoms with Gasteiger partial charge in [-0.1, -0.05) is 23.7 Å². The van der Waals surface area contributed by atoms with Gasteiger partial charge in [0.15, 0.2) is 5.82 Å². The van der Waals surface area contributed by atoms with Gasteiger partial charge in [0.2, 0.25) is 5.28 Å². The van der Waals surface area contributed by atoms with Crippen molar-refractivity contribution in [2.45, 2.75) is 6.61 Å². The molecule has 88 valence electrons. The second-order valence-corrected chi connectivity index (χ2v) is 4.06. The monoisotopic (exact) mass is 269 g/mol. The summed E-state index contributed by atoms with van der Waals surface area (Å²) in [6.07, 6.45) is 1.43. The molecule has 0 aliphatic heterocycles. The van der Waals surface area contributed by atoms with Gasteiger partial charge in [-0.3, -0.25) is 0 Å². The van der Waals surface area contributed by atoms with Gasteiger partial charge in [0, 0.05) is 5.69 Å². The smallest absolute Gasteiger partial charge is 0.224 e. The highest BCUT2D eigenvalue weighted by atomic mass is 35.5. The average molecular weight is 270 g/mol. The first-order valence-corrected chi connectivity index (χ1v) is 5.59. The fourth-order valence-electron chi connectivity index (χ4n) is 1.32. The zero-order valence-electron chi connectivity index (χ0n) is 8.69. The minimum atomic E-state index is -0.0201. The first kappa shape index (κ1) is 12.1. The Hall–Kier alpha value is -1.36. The number of hydrogen-bond acceptors (Lipinski definition) is 4. The number of aliphatic hydroxyl groups excluding tert-OH is 1. The van der Waals surface area contributed by atoms with Crippen LogP contribution < -0.4 is 5.32 Å². The maximum Gasteiger partial charge on any atom is 0.224 e. The third-order valence-electron chi connectivity index (χ3n) is 2.09. The number of anilines is 2. The van der Waals surface area contributed by atoms with E-state index in [-0.39, 0.29) is 11.9 Å².